The lowest BCUT2D eigenvalue weighted by Gasteiger charge is -2.05. The van der Waals surface area contributed by atoms with Crippen LogP contribution in [0.15, 0.2) is 30.5 Å². The number of hydrogen-bond acceptors (Lipinski definition) is 4. The van der Waals surface area contributed by atoms with Gasteiger partial charge in [-0.2, -0.15) is 5.10 Å². The van der Waals surface area contributed by atoms with Crippen molar-refractivity contribution in [2.75, 3.05) is 6.54 Å². The molecule has 0 aliphatic rings. The highest BCUT2D eigenvalue weighted by Gasteiger charge is 2.13. The van der Waals surface area contributed by atoms with Crippen LogP contribution in [-0.4, -0.2) is 36.8 Å². The number of rotatable bonds is 7. The van der Waals surface area contributed by atoms with Crippen molar-refractivity contribution in [1.82, 2.24) is 29.7 Å². The van der Waals surface area contributed by atoms with Gasteiger partial charge in [-0.1, -0.05) is 19.9 Å². The molecule has 3 heterocycles. The first kappa shape index (κ1) is 17.1. The van der Waals surface area contributed by atoms with Crippen LogP contribution in [0.3, 0.4) is 0 Å². The summed E-state index contributed by atoms with van der Waals surface area (Å²) in [4.78, 5) is 12.3. The van der Waals surface area contributed by atoms with Crippen LogP contribution in [-0.2, 0) is 19.9 Å². The molecule has 0 unspecified atom stereocenters. The standard InChI is InChI=1S/C18H24N6O/c1-13(2)11-14-12-15(23(3)22-14)18(25)19-9-6-8-17-21-20-16-7-4-5-10-24(16)17/h4-5,7,10,12-13H,6,8-9,11H2,1-3H3,(H,19,25). The van der Waals surface area contributed by atoms with Crippen molar-refractivity contribution in [3.05, 3.63) is 47.7 Å². The molecule has 132 valence electrons. The van der Waals surface area contributed by atoms with E-state index in [2.05, 4.69) is 34.5 Å². The maximum atomic E-state index is 12.3. The number of aryl methyl sites for hydroxylation is 2. The molecule has 25 heavy (non-hydrogen) atoms. The normalized spacial score (nSPS) is 11.4. The molecule has 0 bridgehead atoms. The Labute approximate surface area is 147 Å². The minimum absolute atomic E-state index is 0.0869. The molecule has 0 aromatic carbocycles. The first-order chi connectivity index (χ1) is 12.0. The van der Waals surface area contributed by atoms with Gasteiger partial charge in [-0.05, 0) is 37.0 Å². The number of fused-ring (bicyclic) bond motifs is 1. The topological polar surface area (TPSA) is 77.1 Å². The van der Waals surface area contributed by atoms with E-state index in [9.17, 15) is 4.79 Å². The molecule has 3 rings (SSSR count). The molecule has 0 aliphatic carbocycles. The number of amides is 1. The Morgan fingerprint density at radius 1 is 1.28 bits per heavy atom. The van der Waals surface area contributed by atoms with Crippen molar-refractivity contribution in [2.45, 2.75) is 33.1 Å². The van der Waals surface area contributed by atoms with Gasteiger partial charge in [-0.15, -0.1) is 10.2 Å². The highest BCUT2D eigenvalue weighted by Crippen LogP contribution is 2.09. The lowest BCUT2D eigenvalue weighted by Crippen LogP contribution is -2.26. The van der Waals surface area contributed by atoms with Crippen LogP contribution >= 0.6 is 0 Å². The first-order valence-corrected chi connectivity index (χ1v) is 8.64. The molecule has 0 spiro atoms. The van der Waals surface area contributed by atoms with Gasteiger partial charge in [0.2, 0.25) is 0 Å². The predicted octanol–water partition coefficient (Wildman–Crippen LogP) is 2.02. The summed E-state index contributed by atoms with van der Waals surface area (Å²) in [5.74, 6) is 1.34. The molecule has 7 nitrogen and oxygen atoms in total. The third-order valence-electron chi connectivity index (χ3n) is 4.03. The van der Waals surface area contributed by atoms with Gasteiger partial charge >= 0.3 is 0 Å². The van der Waals surface area contributed by atoms with Crippen molar-refractivity contribution in [3.8, 4) is 0 Å². The summed E-state index contributed by atoms with van der Waals surface area (Å²) in [5.41, 5.74) is 2.40. The van der Waals surface area contributed by atoms with Crippen molar-refractivity contribution in [1.29, 1.82) is 0 Å². The fraction of sp³-hybridized carbons (Fsp3) is 0.444. The van der Waals surface area contributed by atoms with Crippen LogP contribution in [0.25, 0.3) is 5.65 Å². The van der Waals surface area contributed by atoms with Gasteiger partial charge in [0.15, 0.2) is 5.65 Å². The van der Waals surface area contributed by atoms with E-state index in [4.69, 9.17) is 0 Å². The Morgan fingerprint density at radius 2 is 2.12 bits per heavy atom. The molecule has 0 fully saturated rings. The summed E-state index contributed by atoms with van der Waals surface area (Å²) in [7, 11) is 1.81. The Morgan fingerprint density at radius 3 is 2.92 bits per heavy atom. The van der Waals surface area contributed by atoms with Crippen LogP contribution in [0.4, 0.5) is 0 Å². The Balaban J connectivity index is 1.52. The molecule has 0 radical (unpaired) electrons. The zero-order chi connectivity index (χ0) is 17.8. The summed E-state index contributed by atoms with van der Waals surface area (Å²) < 4.78 is 3.63. The van der Waals surface area contributed by atoms with Crippen LogP contribution in [0.2, 0.25) is 0 Å². The molecule has 7 heteroatoms. The zero-order valence-corrected chi connectivity index (χ0v) is 14.9. The van der Waals surface area contributed by atoms with Crippen molar-refractivity contribution in [3.63, 3.8) is 0 Å². The summed E-state index contributed by atoms with van der Waals surface area (Å²) in [6.45, 7) is 4.87. The van der Waals surface area contributed by atoms with Gasteiger partial charge < -0.3 is 5.32 Å². The largest absolute Gasteiger partial charge is 0.351 e. The number of carbonyl (C=O) groups is 1. The SMILES string of the molecule is CC(C)Cc1cc(C(=O)NCCCc2nnc3ccccn23)n(C)n1. The minimum Gasteiger partial charge on any atom is -0.351 e. The van der Waals surface area contributed by atoms with Gasteiger partial charge in [0, 0.05) is 26.2 Å². The molecule has 1 N–H and O–H groups in total. The summed E-state index contributed by atoms with van der Waals surface area (Å²) in [6, 6.07) is 7.70. The summed E-state index contributed by atoms with van der Waals surface area (Å²) >= 11 is 0. The number of hydrogen-bond donors (Lipinski definition) is 1. The molecular weight excluding hydrogens is 316 g/mol. The predicted molar refractivity (Wildman–Crippen MR) is 95.4 cm³/mol. The summed E-state index contributed by atoms with van der Waals surface area (Å²) in [6.07, 6.45) is 4.39. The Bertz CT molecular complexity index is 863. The van der Waals surface area contributed by atoms with E-state index in [0.29, 0.717) is 18.2 Å². The van der Waals surface area contributed by atoms with E-state index < -0.39 is 0 Å². The first-order valence-electron chi connectivity index (χ1n) is 8.64. The number of nitrogens with zero attached hydrogens (tertiary/aromatic N) is 5. The van der Waals surface area contributed by atoms with Gasteiger partial charge in [0.1, 0.15) is 11.5 Å². The molecule has 3 aromatic heterocycles. The van der Waals surface area contributed by atoms with Crippen molar-refractivity contribution < 1.29 is 4.79 Å². The number of carbonyl (C=O) groups excluding carboxylic acids is 1. The monoisotopic (exact) mass is 340 g/mol. The quantitative estimate of drug-likeness (QED) is 0.668. The zero-order valence-electron chi connectivity index (χ0n) is 14.9. The second-order valence-corrected chi connectivity index (χ2v) is 6.65. The van der Waals surface area contributed by atoms with Crippen molar-refractivity contribution in [2.24, 2.45) is 13.0 Å². The number of nitrogens with one attached hydrogen (secondary N) is 1. The van der Waals surface area contributed by atoms with Crippen LogP contribution in [0.1, 0.15) is 42.3 Å². The van der Waals surface area contributed by atoms with E-state index in [1.807, 2.05) is 34.9 Å². The van der Waals surface area contributed by atoms with E-state index in [-0.39, 0.29) is 5.91 Å². The Kier molecular flexibility index (Phi) is 5.11. The highest BCUT2D eigenvalue weighted by molar-refractivity contribution is 5.92. The molecule has 0 saturated carbocycles. The van der Waals surface area contributed by atoms with Crippen LogP contribution < -0.4 is 5.32 Å². The smallest absolute Gasteiger partial charge is 0.269 e. The molecule has 3 aromatic rings. The highest BCUT2D eigenvalue weighted by atomic mass is 16.2. The third-order valence-corrected chi connectivity index (χ3v) is 4.03. The van der Waals surface area contributed by atoms with Gasteiger partial charge in [0.25, 0.3) is 5.91 Å². The van der Waals surface area contributed by atoms with E-state index in [1.165, 1.54) is 0 Å². The maximum absolute atomic E-state index is 12.3. The van der Waals surface area contributed by atoms with Crippen LogP contribution in [0.5, 0.6) is 0 Å². The molecule has 0 atom stereocenters. The van der Waals surface area contributed by atoms with Gasteiger partial charge in [-0.25, -0.2) is 0 Å². The lowest BCUT2D eigenvalue weighted by atomic mass is 10.1. The van der Waals surface area contributed by atoms with Gasteiger partial charge in [-0.3, -0.25) is 13.9 Å². The molecular formula is C18H24N6O. The molecule has 1 amide bonds. The molecule has 0 saturated heterocycles. The van der Waals surface area contributed by atoms with E-state index >= 15 is 0 Å². The maximum Gasteiger partial charge on any atom is 0.269 e. The second kappa shape index (κ2) is 7.46. The average molecular weight is 340 g/mol. The fourth-order valence-corrected chi connectivity index (χ4v) is 2.86. The minimum atomic E-state index is -0.0869. The summed E-state index contributed by atoms with van der Waals surface area (Å²) in [5, 5.41) is 15.7. The average Bonchev–Trinajstić information content (AvgIpc) is 3.14. The number of aromatic nitrogens is 5. The van der Waals surface area contributed by atoms with Crippen molar-refractivity contribution >= 4 is 11.6 Å². The lowest BCUT2D eigenvalue weighted by molar-refractivity contribution is 0.0943. The van der Waals surface area contributed by atoms with Crippen LogP contribution in [0, 0.1) is 5.92 Å². The second-order valence-electron chi connectivity index (χ2n) is 6.65. The number of pyridine rings is 1. The van der Waals surface area contributed by atoms with E-state index in [0.717, 1.165) is 36.4 Å². The fourth-order valence-electron chi connectivity index (χ4n) is 2.86. The third kappa shape index (κ3) is 4.04. The van der Waals surface area contributed by atoms with E-state index in [1.54, 1.807) is 11.7 Å². The van der Waals surface area contributed by atoms with Gasteiger partial charge in [0.05, 0.1) is 5.69 Å². The molecule has 0 aliphatic heterocycles. The Hall–Kier alpha value is -2.70.